The van der Waals surface area contributed by atoms with Crippen LogP contribution in [-0.4, -0.2) is 14.2 Å². The van der Waals surface area contributed by atoms with Gasteiger partial charge in [0.05, 0.1) is 13.4 Å². The molecular weight excluding hydrogens is 269 g/mol. The number of ether oxygens (including phenoxy) is 1. The number of halogens is 2. The van der Waals surface area contributed by atoms with E-state index in [1.807, 2.05) is 19.2 Å². The normalized spacial score (nSPS) is 12.4. The van der Waals surface area contributed by atoms with E-state index in [0.29, 0.717) is 11.6 Å². The molecule has 1 aromatic carbocycles. The maximum absolute atomic E-state index is 13.6. The lowest BCUT2D eigenvalue weighted by Crippen LogP contribution is -2.18. The lowest BCUT2D eigenvalue weighted by atomic mass is 10.0. The minimum absolute atomic E-state index is 0.0287. The van der Waals surface area contributed by atoms with Crippen LogP contribution in [0.3, 0.4) is 0 Å². The Morgan fingerprint density at radius 3 is 2.74 bits per heavy atom. The first-order chi connectivity index (χ1) is 9.15. The summed E-state index contributed by atoms with van der Waals surface area (Å²) in [5.74, 6) is -0.126. The molecule has 1 unspecified atom stereocenters. The number of benzene rings is 1. The third-order valence-electron chi connectivity index (χ3n) is 3.03. The molecule has 0 radical (unpaired) electrons. The average Bonchev–Trinajstić information content (AvgIpc) is 2.82. The Morgan fingerprint density at radius 1 is 1.42 bits per heavy atom. The Hall–Kier alpha value is -1.52. The molecule has 2 aromatic rings. The number of hydrogen-bond donors (Lipinski definition) is 1. The fraction of sp³-hybridized carbons (Fsp3) is 0.286. The van der Waals surface area contributed by atoms with Crippen molar-refractivity contribution in [2.45, 2.75) is 12.5 Å². The fourth-order valence-corrected chi connectivity index (χ4v) is 2.24. The zero-order valence-electron chi connectivity index (χ0n) is 10.7. The van der Waals surface area contributed by atoms with Gasteiger partial charge in [-0.25, -0.2) is 4.39 Å². The lowest BCUT2D eigenvalue weighted by Gasteiger charge is -2.15. The molecule has 0 fully saturated rings. The molecule has 0 aliphatic heterocycles. The van der Waals surface area contributed by atoms with E-state index >= 15 is 0 Å². The number of likely N-dealkylation sites (N-methyl/N-ethyl adjacent to an activating group) is 1. The van der Waals surface area contributed by atoms with Gasteiger partial charge in [-0.2, -0.15) is 0 Å². The van der Waals surface area contributed by atoms with Crippen molar-refractivity contribution in [3.63, 3.8) is 0 Å². The predicted molar refractivity (Wildman–Crippen MR) is 72.2 cm³/mol. The van der Waals surface area contributed by atoms with Crippen molar-refractivity contribution >= 4 is 11.6 Å². The number of furan rings is 1. The summed E-state index contributed by atoms with van der Waals surface area (Å²) in [6.07, 6.45) is 2.15. The van der Waals surface area contributed by atoms with Crippen molar-refractivity contribution in [2.24, 2.45) is 0 Å². The number of hydrogen-bond acceptors (Lipinski definition) is 3. The first kappa shape index (κ1) is 13.9. The molecule has 0 spiro atoms. The van der Waals surface area contributed by atoms with Crippen molar-refractivity contribution in [2.75, 3.05) is 14.2 Å². The fourth-order valence-electron chi connectivity index (χ4n) is 1.99. The number of nitrogens with one attached hydrogen (secondary N) is 1. The molecular formula is C14H15ClFNO2. The average molecular weight is 284 g/mol. The molecule has 1 aromatic heterocycles. The van der Waals surface area contributed by atoms with Gasteiger partial charge in [-0.1, -0.05) is 6.07 Å². The summed E-state index contributed by atoms with van der Waals surface area (Å²) in [7, 11) is 3.27. The maximum Gasteiger partial charge on any atom is 0.197 e. The van der Waals surface area contributed by atoms with Gasteiger partial charge < -0.3 is 14.5 Å². The Labute approximate surface area is 116 Å². The van der Waals surface area contributed by atoms with E-state index in [2.05, 4.69) is 5.32 Å². The Bertz CT molecular complexity index is 556. The van der Waals surface area contributed by atoms with Crippen LogP contribution in [-0.2, 0) is 6.42 Å². The first-order valence-corrected chi connectivity index (χ1v) is 6.26. The van der Waals surface area contributed by atoms with Crippen LogP contribution in [0.5, 0.6) is 5.75 Å². The van der Waals surface area contributed by atoms with Crippen molar-refractivity contribution in [3.8, 4) is 5.75 Å². The molecule has 19 heavy (non-hydrogen) atoms. The summed E-state index contributed by atoms with van der Waals surface area (Å²) < 4.78 is 23.6. The zero-order valence-corrected chi connectivity index (χ0v) is 11.5. The van der Waals surface area contributed by atoms with Gasteiger partial charge in [0, 0.05) is 11.6 Å². The molecule has 0 saturated heterocycles. The SMILES string of the molecule is CNC(Cc1ccc(OC)c(F)c1)c1ccoc1Cl. The lowest BCUT2D eigenvalue weighted by molar-refractivity contribution is 0.386. The molecule has 2 rings (SSSR count). The van der Waals surface area contributed by atoms with Crippen molar-refractivity contribution in [1.29, 1.82) is 0 Å². The van der Waals surface area contributed by atoms with E-state index in [-0.39, 0.29) is 17.6 Å². The highest BCUT2D eigenvalue weighted by molar-refractivity contribution is 6.29. The van der Waals surface area contributed by atoms with Crippen LogP contribution in [0.15, 0.2) is 34.9 Å². The van der Waals surface area contributed by atoms with Crippen LogP contribution >= 0.6 is 11.6 Å². The molecule has 102 valence electrons. The van der Waals surface area contributed by atoms with E-state index in [1.54, 1.807) is 6.07 Å². The molecule has 0 saturated carbocycles. The highest BCUT2D eigenvalue weighted by atomic mass is 35.5. The Morgan fingerprint density at radius 2 is 2.21 bits per heavy atom. The van der Waals surface area contributed by atoms with Gasteiger partial charge in [-0.3, -0.25) is 0 Å². The van der Waals surface area contributed by atoms with Crippen LogP contribution in [0.4, 0.5) is 4.39 Å². The predicted octanol–water partition coefficient (Wildman–Crippen LogP) is 3.58. The molecule has 0 aliphatic rings. The third kappa shape index (κ3) is 3.08. The molecule has 0 amide bonds. The topological polar surface area (TPSA) is 34.4 Å². The van der Waals surface area contributed by atoms with Gasteiger partial charge in [0.2, 0.25) is 0 Å². The van der Waals surface area contributed by atoms with Gasteiger partial charge in [-0.05, 0) is 48.8 Å². The van der Waals surface area contributed by atoms with Crippen molar-refractivity contribution in [1.82, 2.24) is 5.32 Å². The number of rotatable bonds is 5. The van der Waals surface area contributed by atoms with Crippen molar-refractivity contribution in [3.05, 3.63) is 52.7 Å². The minimum Gasteiger partial charge on any atom is -0.494 e. The Balaban J connectivity index is 2.19. The van der Waals surface area contributed by atoms with Crippen LogP contribution in [0, 0.1) is 5.82 Å². The van der Waals surface area contributed by atoms with Crippen LogP contribution in [0.1, 0.15) is 17.2 Å². The molecule has 3 nitrogen and oxygen atoms in total. The highest BCUT2D eigenvalue weighted by Crippen LogP contribution is 2.27. The summed E-state index contributed by atoms with van der Waals surface area (Å²) in [4.78, 5) is 0. The second-order valence-electron chi connectivity index (χ2n) is 4.16. The molecule has 1 atom stereocenters. The number of methoxy groups -OCH3 is 1. The van der Waals surface area contributed by atoms with E-state index in [0.717, 1.165) is 11.1 Å². The van der Waals surface area contributed by atoms with Gasteiger partial charge in [0.25, 0.3) is 0 Å². The highest BCUT2D eigenvalue weighted by Gasteiger charge is 2.16. The van der Waals surface area contributed by atoms with Gasteiger partial charge >= 0.3 is 0 Å². The summed E-state index contributed by atoms with van der Waals surface area (Å²) in [5.41, 5.74) is 1.72. The van der Waals surface area contributed by atoms with E-state index < -0.39 is 0 Å². The largest absolute Gasteiger partial charge is 0.494 e. The third-order valence-corrected chi connectivity index (χ3v) is 3.33. The smallest absolute Gasteiger partial charge is 0.197 e. The second-order valence-corrected chi connectivity index (χ2v) is 4.51. The van der Waals surface area contributed by atoms with Gasteiger partial charge in [-0.15, -0.1) is 0 Å². The first-order valence-electron chi connectivity index (χ1n) is 5.88. The van der Waals surface area contributed by atoms with Crippen LogP contribution in [0.25, 0.3) is 0 Å². The molecule has 0 bridgehead atoms. The molecule has 5 heteroatoms. The van der Waals surface area contributed by atoms with E-state index in [9.17, 15) is 4.39 Å². The summed E-state index contributed by atoms with van der Waals surface area (Å²) in [6, 6.07) is 6.70. The second kappa shape index (κ2) is 6.08. The molecule has 1 heterocycles. The van der Waals surface area contributed by atoms with Crippen molar-refractivity contribution < 1.29 is 13.5 Å². The molecule has 1 N–H and O–H groups in total. The monoisotopic (exact) mass is 283 g/mol. The minimum atomic E-state index is -0.367. The molecule has 0 aliphatic carbocycles. The Kier molecular flexibility index (Phi) is 4.45. The van der Waals surface area contributed by atoms with E-state index in [1.165, 1.54) is 19.4 Å². The standard InChI is InChI=1S/C14H15ClFNO2/c1-17-12(10-5-6-19-14(10)15)8-9-3-4-13(18-2)11(16)7-9/h3-7,12,17H,8H2,1-2H3. The van der Waals surface area contributed by atoms with E-state index in [4.69, 9.17) is 20.8 Å². The summed E-state index contributed by atoms with van der Waals surface area (Å²) >= 11 is 5.96. The van der Waals surface area contributed by atoms with Gasteiger partial charge in [0.1, 0.15) is 0 Å². The maximum atomic E-state index is 13.6. The van der Waals surface area contributed by atoms with Crippen LogP contribution < -0.4 is 10.1 Å². The summed E-state index contributed by atoms with van der Waals surface area (Å²) in [5, 5.41) is 3.50. The quantitative estimate of drug-likeness (QED) is 0.911. The summed E-state index contributed by atoms with van der Waals surface area (Å²) in [6.45, 7) is 0. The van der Waals surface area contributed by atoms with Crippen LogP contribution in [0.2, 0.25) is 5.22 Å². The van der Waals surface area contributed by atoms with Gasteiger partial charge in [0.15, 0.2) is 16.8 Å². The zero-order chi connectivity index (χ0) is 13.8.